The van der Waals surface area contributed by atoms with Crippen molar-refractivity contribution in [2.75, 3.05) is 60.0 Å². The zero-order valence-corrected chi connectivity index (χ0v) is 25.2. The van der Waals surface area contributed by atoms with E-state index in [1.54, 1.807) is 31.4 Å². The zero-order chi connectivity index (χ0) is 26.9. The van der Waals surface area contributed by atoms with E-state index in [4.69, 9.17) is 16.3 Å². The van der Waals surface area contributed by atoms with Gasteiger partial charge in [0.2, 0.25) is 0 Å². The molecule has 0 saturated carbocycles. The first-order chi connectivity index (χ1) is 18.3. The van der Waals surface area contributed by atoms with Crippen molar-refractivity contribution in [2.24, 2.45) is 0 Å². The summed E-state index contributed by atoms with van der Waals surface area (Å²) in [6, 6.07) is 6.56. The Hall–Kier alpha value is -1.77. The molecule has 4 heterocycles. The molecule has 0 bridgehead atoms. The van der Waals surface area contributed by atoms with E-state index < -0.39 is 10.0 Å². The summed E-state index contributed by atoms with van der Waals surface area (Å²) in [5.41, 5.74) is 1.72. The molecule has 2 aliphatic heterocycles. The molecule has 1 aromatic carbocycles. The molecule has 0 spiro atoms. The van der Waals surface area contributed by atoms with E-state index in [2.05, 4.69) is 27.2 Å². The number of fused-ring (bicyclic) bond motifs is 2. The number of amides is 1. The minimum Gasteiger partial charge on any atom is -0.383 e. The highest BCUT2D eigenvalue weighted by atomic mass is 35.5. The standard InChI is InChI=1S/C25H33ClN6O4S2.ClH/c1-30-9-6-21-22(16-30)37-24(29-21)25(33)32-11-10-31(15-19(32)5-7-27-8-12-36-2)38(34,35)23-14-17-13-18(26)3-4-20(17)28-23;/h3-4,13-14,19,27-28H,5-12,15-16H2,1-2H3;1H. The maximum atomic E-state index is 13.7. The van der Waals surface area contributed by atoms with Crippen LogP contribution in [0, 0.1) is 0 Å². The molecule has 0 aliphatic carbocycles. The van der Waals surface area contributed by atoms with Gasteiger partial charge < -0.3 is 24.8 Å². The second kappa shape index (κ2) is 12.8. The second-order valence-corrected chi connectivity index (χ2v) is 13.2. The van der Waals surface area contributed by atoms with E-state index in [1.165, 1.54) is 15.6 Å². The molecular formula is C25H34Cl2N6O4S2. The summed E-state index contributed by atoms with van der Waals surface area (Å²) < 4.78 is 33.8. The number of rotatable bonds is 9. The molecule has 1 fully saturated rings. The maximum Gasteiger partial charge on any atom is 0.283 e. The number of aromatic nitrogens is 2. The Balaban J connectivity index is 0.00000353. The number of carbonyl (C=O) groups is 1. The highest BCUT2D eigenvalue weighted by Gasteiger charge is 2.38. The number of nitrogens with zero attached hydrogens (tertiary/aromatic N) is 4. The maximum absolute atomic E-state index is 13.7. The average Bonchev–Trinajstić information content (AvgIpc) is 3.52. The number of nitrogens with one attached hydrogen (secondary N) is 2. The van der Waals surface area contributed by atoms with Gasteiger partial charge in [-0.15, -0.1) is 23.7 Å². The Morgan fingerprint density at radius 3 is 2.87 bits per heavy atom. The van der Waals surface area contributed by atoms with Gasteiger partial charge in [0.1, 0.15) is 5.03 Å². The molecule has 1 unspecified atom stereocenters. The molecule has 14 heteroatoms. The molecule has 1 amide bonds. The van der Waals surface area contributed by atoms with Gasteiger partial charge in [-0.25, -0.2) is 13.4 Å². The molecule has 10 nitrogen and oxygen atoms in total. The van der Waals surface area contributed by atoms with Crippen molar-refractivity contribution in [3.63, 3.8) is 0 Å². The molecule has 5 rings (SSSR count). The van der Waals surface area contributed by atoms with Crippen molar-refractivity contribution >= 4 is 62.2 Å². The summed E-state index contributed by atoms with van der Waals surface area (Å²) in [7, 11) is -0.0775. The van der Waals surface area contributed by atoms with Crippen LogP contribution in [0.25, 0.3) is 10.9 Å². The van der Waals surface area contributed by atoms with Crippen molar-refractivity contribution in [1.29, 1.82) is 0 Å². The van der Waals surface area contributed by atoms with Crippen LogP contribution in [-0.2, 0) is 27.7 Å². The Bertz CT molecular complexity index is 1410. The van der Waals surface area contributed by atoms with Gasteiger partial charge in [-0.2, -0.15) is 4.31 Å². The van der Waals surface area contributed by atoms with Gasteiger partial charge >= 0.3 is 0 Å². The molecule has 2 aromatic heterocycles. The van der Waals surface area contributed by atoms with Crippen LogP contribution in [0.1, 0.15) is 26.8 Å². The van der Waals surface area contributed by atoms with E-state index in [0.29, 0.717) is 48.2 Å². The molecule has 1 atom stereocenters. The summed E-state index contributed by atoms with van der Waals surface area (Å²) in [5.74, 6) is -0.119. The lowest BCUT2D eigenvalue weighted by Crippen LogP contribution is -2.57. The van der Waals surface area contributed by atoms with E-state index >= 15 is 0 Å². The minimum atomic E-state index is -3.79. The molecular weight excluding hydrogens is 583 g/mol. The van der Waals surface area contributed by atoms with E-state index in [-0.39, 0.29) is 42.5 Å². The largest absolute Gasteiger partial charge is 0.383 e. The molecule has 0 radical (unpaired) electrons. The highest BCUT2D eigenvalue weighted by Crippen LogP contribution is 2.29. The van der Waals surface area contributed by atoms with E-state index in [1.807, 2.05) is 4.90 Å². The summed E-state index contributed by atoms with van der Waals surface area (Å²) >= 11 is 7.56. The summed E-state index contributed by atoms with van der Waals surface area (Å²) in [6.45, 7) is 4.36. The number of hydrogen-bond donors (Lipinski definition) is 2. The fraction of sp³-hybridized carbons (Fsp3) is 0.520. The number of piperazine rings is 1. The number of methoxy groups -OCH3 is 1. The van der Waals surface area contributed by atoms with Crippen LogP contribution < -0.4 is 5.32 Å². The van der Waals surface area contributed by atoms with Gasteiger partial charge in [-0.05, 0) is 44.3 Å². The van der Waals surface area contributed by atoms with Crippen LogP contribution in [0.2, 0.25) is 5.02 Å². The average molecular weight is 618 g/mol. The topological polar surface area (TPSA) is 111 Å². The first-order valence-corrected chi connectivity index (χ1v) is 15.4. The van der Waals surface area contributed by atoms with Crippen LogP contribution in [0.15, 0.2) is 29.3 Å². The fourth-order valence-electron chi connectivity index (χ4n) is 5.02. The lowest BCUT2D eigenvalue weighted by Gasteiger charge is -2.40. The number of H-pyrrole nitrogens is 1. The molecule has 214 valence electrons. The third kappa shape index (κ3) is 6.59. The SMILES string of the molecule is COCCNCCC1CN(S(=O)(=O)c2cc3cc(Cl)ccc3[nH]2)CCN1C(=O)c1nc2c(s1)CN(C)CC2.Cl. The number of aromatic amines is 1. The number of thiazole rings is 1. The first kappa shape index (κ1) is 30.2. The van der Waals surface area contributed by atoms with E-state index in [0.717, 1.165) is 35.5 Å². The van der Waals surface area contributed by atoms with Gasteiger partial charge in [-0.3, -0.25) is 4.79 Å². The fourth-order valence-corrected chi connectivity index (χ4v) is 7.83. The number of carbonyl (C=O) groups excluding carboxylic acids is 1. The van der Waals surface area contributed by atoms with Crippen molar-refractivity contribution in [3.05, 3.63) is 44.9 Å². The Morgan fingerprint density at radius 1 is 1.26 bits per heavy atom. The lowest BCUT2D eigenvalue weighted by molar-refractivity contribution is 0.0549. The number of sulfonamides is 1. The smallest absolute Gasteiger partial charge is 0.283 e. The van der Waals surface area contributed by atoms with Gasteiger partial charge in [0.05, 0.1) is 12.3 Å². The van der Waals surface area contributed by atoms with Crippen molar-refractivity contribution in [3.8, 4) is 0 Å². The zero-order valence-electron chi connectivity index (χ0n) is 22.0. The number of hydrogen-bond acceptors (Lipinski definition) is 8. The van der Waals surface area contributed by atoms with Crippen LogP contribution in [0.5, 0.6) is 0 Å². The van der Waals surface area contributed by atoms with E-state index in [9.17, 15) is 13.2 Å². The van der Waals surface area contributed by atoms with Crippen molar-refractivity contribution < 1.29 is 17.9 Å². The number of ether oxygens (including phenoxy) is 1. The van der Waals surface area contributed by atoms with Crippen LogP contribution >= 0.6 is 35.3 Å². The molecule has 1 saturated heterocycles. The van der Waals surface area contributed by atoms with Gasteiger partial charge in [-0.1, -0.05) is 11.6 Å². The van der Waals surface area contributed by atoms with Gasteiger partial charge in [0.15, 0.2) is 5.01 Å². The van der Waals surface area contributed by atoms with Gasteiger partial charge in [0.25, 0.3) is 15.9 Å². The van der Waals surface area contributed by atoms with Crippen LogP contribution in [0.3, 0.4) is 0 Å². The Labute approximate surface area is 244 Å². The third-order valence-corrected chi connectivity index (χ3v) is 10.2. The quantitative estimate of drug-likeness (QED) is 0.356. The third-order valence-electron chi connectivity index (χ3n) is 7.12. The van der Waals surface area contributed by atoms with Crippen molar-refractivity contribution in [1.82, 2.24) is 29.4 Å². The summed E-state index contributed by atoms with van der Waals surface area (Å²) in [4.78, 5) is 26.5. The number of likely N-dealkylation sites (N-methyl/N-ethyl adjacent to an activating group) is 1. The predicted molar refractivity (Wildman–Crippen MR) is 156 cm³/mol. The first-order valence-electron chi connectivity index (χ1n) is 12.7. The second-order valence-electron chi connectivity index (χ2n) is 9.79. The monoisotopic (exact) mass is 616 g/mol. The summed E-state index contributed by atoms with van der Waals surface area (Å²) in [5, 5.41) is 5.22. The molecule has 39 heavy (non-hydrogen) atoms. The Kier molecular flexibility index (Phi) is 9.92. The predicted octanol–water partition coefficient (Wildman–Crippen LogP) is 2.83. The molecule has 3 aromatic rings. The minimum absolute atomic E-state index is 0. The summed E-state index contributed by atoms with van der Waals surface area (Å²) in [6.07, 6.45) is 1.45. The van der Waals surface area contributed by atoms with Crippen molar-refractivity contribution in [2.45, 2.75) is 30.5 Å². The van der Waals surface area contributed by atoms with Crippen LogP contribution in [0.4, 0.5) is 0 Å². The lowest BCUT2D eigenvalue weighted by atomic mass is 10.1. The highest BCUT2D eigenvalue weighted by molar-refractivity contribution is 7.89. The van der Waals surface area contributed by atoms with Crippen LogP contribution in [-0.4, -0.2) is 104 Å². The number of halogens is 2. The number of benzene rings is 1. The van der Waals surface area contributed by atoms with Gasteiger partial charge in [0, 0.05) is 79.6 Å². The normalized spacial score (nSPS) is 18.7. The Morgan fingerprint density at radius 2 is 2.08 bits per heavy atom. The molecule has 2 N–H and O–H groups in total. The molecule has 2 aliphatic rings.